The van der Waals surface area contributed by atoms with E-state index in [0.717, 1.165) is 12.0 Å². The number of halogens is 2. The Morgan fingerprint density at radius 2 is 2.11 bits per heavy atom. The highest BCUT2D eigenvalue weighted by Gasteiger charge is 2.09. The van der Waals surface area contributed by atoms with Crippen LogP contribution in [0.25, 0.3) is 0 Å². The van der Waals surface area contributed by atoms with Gasteiger partial charge >= 0.3 is 0 Å². The molecular weight excluding hydrogens is 363 g/mol. The van der Waals surface area contributed by atoms with Gasteiger partial charge in [0.2, 0.25) is 0 Å². The number of nitrogens with two attached hydrogens (primary N) is 1. The minimum Gasteiger partial charge on any atom is -0.370 e. The van der Waals surface area contributed by atoms with Crippen LogP contribution >= 0.6 is 35.6 Å². The predicted molar refractivity (Wildman–Crippen MR) is 87.7 cm³/mol. The topological polar surface area (TPSA) is 63.3 Å². The number of aromatic nitrogens is 1. The SMILES string of the molecule is CC(C)(C)NC(N)=NCCc1ccc(Cl)nc1.I. The Bertz CT molecular complexity index is 384. The van der Waals surface area contributed by atoms with E-state index in [9.17, 15) is 0 Å². The van der Waals surface area contributed by atoms with Crippen molar-refractivity contribution in [2.24, 2.45) is 10.7 Å². The molecule has 0 unspecified atom stereocenters. The number of nitrogens with one attached hydrogen (secondary N) is 1. The summed E-state index contributed by atoms with van der Waals surface area (Å²) in [6.07, 6.45) is 2.56. The number of nitrogens with zero attached hydrogens (tertiary/aromatic N) is 2. The van der Waals surface area contributed by atoms with Crippen LogP contribution in [0.4, 0.5) is 0 Å². The Morgan fingerprint density at radius 3 is 2.61 bits per heavy atom. The molecule has 0 saturated carbocycles. The number of guanidine groups is 1. The summed E-state index contributed by atoms with van der Waals surface area (Å²) in [5, 5.41) is 3.61. The van der Waals surface area contributed by atoms with Crippen LogP contribution in [0.1, 0.15) is 26.3 Å². The molecule has 18 heavy (non-hydrogen) atoms. The number of hydrogen-bond acceptors (Lipinski definition) is 2. The van der Waals surface area contributed by atoms with Crippen LogP contribution in [-0.2, 0) is 6.42 Å². The van der Waals surface area contributed by atoms with E-state index in [1.54, 1.807) is 12.3 Å². The molecule has 0 atom stereocenters. The van der Waals surface area contributed by atoms with Crippen molar-refractivity contribution in [2.75, 3.05) is 6.54 Å². The molecular formula is C12H20ClIN4. The highest BCUT2D eigenvalue weighted by Crippen LogP contribution is 2.05. The van der Waals surface area contributed by atoms with Gasteiger partial charge in [0.05, 0.1) is 0 Å². The zero-order valence-corrected chi connectivity index (χ0v) is 14.0. The molecule has 0 aliphatic rings. The van der Waals surface area contributed by atoms with Crippen molar-refractivity contribution in [3.63, 3.8) is 0 Å². The zero-order valence-electron chi connectivity index (χ0n) is 10.9. The Hall–Kier alpha value is -0.560. The molecule has 0 radical (unpaired) electrons. The lowest BCUT2D eigenvalue weighted by Gasteiger charge is -2.20. The van der Waals surface area contributed by atoms with Crippen LogP contribution in [0.5, 0.6) is 0 Å². The monoisotopic (exact) mass is 382 g/mol. The Kier molecular flexibility index (Phi) is 7.54. The highest BCUT2D eigenvalue weighted by molar-refractivity contribution is 14.0. The zero-order chi connectivity index (χ0) is 12.9. The molecule has 1 heterocycles. The normalized spacial score (nSPS) is 11.9. The van der Waals surface area contributed by atoms with Crippen molar-refractivity contribution in [1.29, 1.82) is 0 Å². The second kappa shape index (κ2) is 7.78. The van der Waals surface area contributed by atoms with Gasteiger partial charge in [-0.3, -0.25) is 4.99 Å². The van der Waals surface area contributed by atoms with Crippen LogP contribution in [-0.4, -0.2) is 23.0 Å². The Balaban J connectivity index is 0.00000289. The van der Waals surface area contributed by atoms with E-state index < -0.39 is 0 Å². The lowest BCUT2D eigenvalue weighted by atomic mass is 10.1. The molecule has 102 valence electrons. The van der Waals surface area contributed by atoms with Crippen LogP contribution in [0.3, 0.4) is 0 Å². The van der Waals surface area contributed by atoms with Crippen molar-refractivity contribution in [2.45, 2.75) is 32.7 Å². The van der Waals surface area contributed by atoms with Gasteiger partial charge in [-0.15, -0.1) is 24.0 Å². The van der Waals surface area contributed by atoms with E-state index in [1.165, 1.54) is 0 Å². The van der Waals surface area contributed by atoms with E-state index in [-0.39, 0.29) is 29.5 Å². The van der Waals surface area contributed by atoms with Crippen LogP contribution in [0.15, 0.2) is 23.3 Å². The van der Waals surface area contributed by atoms with Crippen LogP contribution < -0.4 is 11.1 Å². The first-order chi connectivity index (χ1) is 7.87. The molecule has 0 saturated heterocycles. The second-order valence-electron chi connectivity index (χ2n) is 4.88. The van der Waals surface area contributed by atoms with Crippen molar-refractivity contribution < 1.29 is 0 Å². The van der Waals surface area contributed by atoms with Gasteiger partial charge in [-0.05, 0) is 38.8 Å². The maximum absolute atomic E-state index is 5.75. The molecule has 0 spiro atoms. The third-order valence-corrected chi connectivity index (χ3v) is 2.20. The minimum atomic E-state index is -0.0601. The molecule has 0 aliphatic carbocycles. The second-order valence-corrected chi connectivity index (χ2v) is 5.27. The highest BCUT2D eigenvalue weighted by atomic mass is 127. The molecule has 4 nitrogen and oxygen atoms in total. The van der Waals surface area contributed by atoms with E-state index in [4.69, 9.17) is 17.3 Å². The summed E-state index contributed by atoms with van der Waals surface area (Å²) in [5.74, 6) is 0.472. The van der Waals surface area contributed by atoms with E-state index in [1.807, 2.05) is 26.8 Å². The predicted octanol–water partition coefficient (Wildman–Crippen LogP) is 2.60. The van der Waals surface area contributed by atoms with Gasteiger partial charge in [0.25, 0.3) is 0 Å². The summed E-state index contributed by atoms with van der Waals surface area (Å²) in [4.78, 5) is 8.26. The van der Waals surface area contributed by atoms with Gasteiger partial charge in [0.1, 0.15) is 5.15 Å². The van der Waals surface area contributed by atoms with Crippen LogP contribution in [0.2, 0.25) is 5.15 Å². The summed E-state index contributed by atoms with van der Waals surface area (Å²) in [7, 11) is 0. The fourth-order valence-corrected chi connectivity index (χ4v) is 1.40. The molecule has 1 aromatic heterocycles. The Labute approximate surface area is 130 Å². The molecule has 1 aromatic rings. The summed E-state index contributed by atoms with van der Waals surface area (Å²) in [6, 6.07) is 3.72. The van der Waals surface area contributed by atoms with Gasteiger partial charge in [-0.1, -0.05) is 17.7 Å². The number of pyridine rings is 1. The molecule has 0 fully saturated rings. The standard InChI is InChI=1S/C12H19ClN4.HI/c1-12(2,3)17-11(14)15-7-6-9-4-5-10(13)16-8-9;/h4-5,8H,6-7H2,1-3H3,(H3,14,15,17);1H. The smallest absolute Gasteiger partial charge is 0.188 e. The quantitative estimate of drug-likeness (QED) is 0.365. The van der Waals surface area contributed by atoms with Gasteiger partial charge in [-0.2, -0.15) is 0 Å². The summed E-state index contributed by atoms with van der Waals surface area (Å²) >= 11 is 5.70. The molecule has 3 N–H and O–H groups in total. The molecule has 0 aliphatic heterocycles. The molecule has 6 heteroatoms. The minimum absolute atomic E-state index is 0. The third-order valence-electron chi connectivity index (χ3n) is 1.97. The third kappa shape index (κ3) is 7.71. The average Bonchev–Trinajstić information content (AvgIpc) is 2.18. The largest absolute Gasteiger partial charge is 0.370 e. The van der Waals surface area contributed by atoms with E-state index >= 15 is 0 Å². The average molecular weight is 383 g/mol. The lowest BCUT2D eigenvalue weighted by molar-refractivity contribution is 0.508. The van der Waals surface area contributed by atoms with Crippen molar-refractivity contribution in [1.82, 2.24) is 10.3 Å². The van der Waals surface area contributed by atoms with Gasteiger partial charge in [0.15, 0.2) is 5.96 Å². The fraction of sp³-hybridized carbons (Fsp3) is 0.500. The van der Waals surface area contributed by atoms with Crippen molar-refractivity contribution in [3.05, 3.63) is 29.0 Å². The van der Waals surface area contributed by atoms with E-state index in [0.29, 0.717) is 17.7 Å². The number of aliphatic imine (C=N–C) groups is 1. The van der Waals surface area contributed by atoms with Crippen molar-refractivity contribution >= 4 is 41.5 Å². The summed E-state index contributed by atoms with van der Waals surface area (Å²) < 4.78 is 0. The maximum Gasteiger partial charge on any atom is 0.188 e. The van der Waals surface area contributed by atoms with Crippen LogP contribution in [0, 0.1) is 0 Å². The molecule has 0 bridgehead atoms. The Morgan fingerprint density at radius 1 is 1.44 bits per heavy atom. The first kappa shape index (κ1) is 17.4. The number of rotatable bonds is 3. The number of hydrogen-bond donors (Lipinski definition) is 2. The van der Waals surface area contributed by atoms with Gasteiger partial charge in [-0.25, -0.2) is 4.98 Å². The molecule has 0 amide bonds. The summed E-state index contributed by atoms with van der Waals surface area (Å²) in [5.41, 5.74) is 6.79. The fourth-order valence-electron chi connectivity index (χ4n) is 1.28. The first-order valence-corrected chi connectivity index (χ1v) is 5.93. The first-order valence-electron chi connectivity index (χ1n) is 5.55. The van der Waals surface area contributed by atoms with E-state index in [2.05, 4.69) is 15.3 Å². The lowest BCUT2D eigenvalue weighted by Crippen LogP contribution is -2.45. The molecule has 0 aromatic carbocycles. The van der Waals surface area contributed by atoms with Gasteiger partial charge < -0.3 is 11.1 Å². The maximum atomic E-state index is 5.75. The molecule has 1 rings (SSSR count). The summed E-state index contributed by atoms with van der Waals surface area (Å²) in [6.45, 7) is 6.76. The van der Waals surface area contributed by atoms with Gasteiger partial charge in [0, 0.05) is 18.3 Å². The van der Waals surface area contributed by atoms with Crippen molar-refractivity contribution in [3.8, 4) is 0 Å².